The number of pyridine rings is 1. The van der Waals surface area contributed by atoms with Gasteiger partial charge in [-0.1, -0.05) is 30.3 Å². The largest absolute Gasteiger partial charge is 0.438 e. The third-order valence-electron chi connectivity index (χ3n) is 3.74. The van der Waals surface area contributed by atoms with Crippen molar-refractivity contribution < 1.29 is 18.3 Å². The van der Waals surface area contributed by atoms with E-state index in [1.165, 1.54) is 24.3 Å². The zero-order chi connectivity index (χ0) is 18.5. The SMILES string of the molecule is CC(NC(=O)c1cc(F)cnc1Oc1ccc(F)cc1)c1ccccc1. The van der Waals surface area contributed by atoms with Gasteiger partial charge in [0.05, 0.1) is 12.2 Å². The number of aromatic nitrogens is 1. The van der Waals surface area contributed by atoms with E-state index in [1.54, 1.807) is 0 Å². The number of amides is 1. The van der Waals surface area contributed by atoms with E-state index in [0.29, 0.717) is 0 Å². The molecule has 0 aliphatic carbocycles. The predicted molar refractivity (Wildman–Crippen MR) is 93.0 cm³/mol. The number of benzene rings is 2. The summed E-state index contributed by atoms with van der Waals surface area (Å²) >= 11 is 0. The van der Waals surface area contributed by atoms with Crippen molar-refractivity contribution >= 4 is 5.91 Å². The Bertz CT molecular complexity index is 899. The third-order valence-corrected chi connectivity index (χ3v) is 3.74. The van der Waals surface area contributed by atoms with E-state index in [9.17, 15) is 13.6 Å². The standard InChI is InChI=1S/C20H16F2N2O2/c1-13(14-5-3-2-4-6-14)24-19(25)18-11-16(22)12-23-20(18)26-17-9-7-15(21)8-10-17/h2-13H,1H3,(H,24,25). The summed E-state index contributed by atoms with van der Waals surface area (Å²) < 4.78 is 32.1. The van der Waals surface area contributed by atoms with Crippen LogP contribution < -0.4 is 10.1 Å². The second kappa shape index (κ2) is 7.74. The van der Waals surface area contributed by atoms with Gasteiger partial charge in [-0.05, 0) is 42.8 Å². The molecule has 1 atom stereocenters. The fraction of sp³-hybridized carbons (Fsp3) is 0.100. The van der Waals surface area contributed by atoms with E-state index in [2.05, 4.69) is 10.3 Å². The first-order chi connectivity index (χ1) is 12.5. The van der Waals surface area contributed by atoms with Gasteiger partial charge >= 0.3 is 0 Å². The van der Waals surface area contributed by atoms with Crippen LogP contribution in [0.15, 0.2) is 66.9 Å². The summed E-state index contributed by atoms with van der Waals surface area (Å²) in [6.07, 6.45) is 0.955. The lowest BCUT2D eigenvalue weighted by Gasteiger charge is -2.16. The third kappa shape index (κ3) is 4.22. The van der Waals surface area contributed by atoms with Gasteiger partial charge in [-0.25, -0.2) is 13.8 Å². The zero-order valence-corrected chi connectivity index (χ0v) is 13.9. The molecule has 6 heteroatoms. The topological polar surface area (TPSA) is 51.2 Å². The van der Waals surface area contributed by atoms with Crippen LogP contribution >= 0.6 is 0 Å². The summed E-state index contributed by atoms with van der Waals surface area (Å²) in [7, 11) is 0. The number of nitrogens with one attached hydrogen (secondary N) is 1. The summed E-state index contributed by atoms with van der Waals surface area (Å²) in [6, 6.07) is 15.4. The molecule has 1 amide bonds. The molecule has 26 heavy (non-hydrogen) atoms. The van der Waals surface area contributed by atoms with Gasteiger partial charge < -0.3 is 10.1 Å². The van der Waals surface area contributed by atoms with Crippen LogP contribution in [0.4, 0.5) is 8.78 Å². The van der Waals surface area contributed by atoms with Crippen molar-refractivity contribution in [2.75, 3.05) is 0 Å². The van der Waals surface area contributed by atoms with Crippen LogP contribution in [0.3, 0.4) is 0 Å². The normalized spacial score (nSPS) is 11.7. The highest BCUT2D eigenvalue weighted by Crippen LogP contribution is 2.24. The second-order valence-electron chi connectivity index (χ2n) is 5.67. The molecule has 1 unspecified atom stereocenters. The lowest BCUT2D eigenvalue weighted by molar-refractivity contribution is 0.0936. The van der Waals surface area contributed by atoms with Crippen molar-refractivity contribution in [2.45, 2.75) is 13.0 Å². The van der Waals surface area contributed by atoms with Crippen molar-refractivity contribution in [3.8, 4) is 11.6 Å². The number of hydrogen-bond donors (Lipinski definition) is 1. The summed E-state index contributed by atoms with van der Waals surface area (Å²) in [5, 5.41) is 2.79. The molecule has 1 N–H and O–H groups in total. The molecule has 0 bridgehead atoms. The highest BCUT2D eigenvalue weighted by atomic mass is 19.1. The van der Waals surface area contributed by atoms with Crippen LogP contribution in [0.1, 0.15) is 28.9 Å². The first-order valence-corrected chi connectivity index (χ1v) is 7.97. The minimum atomic E-state index is -0.658. The van der Waals surface area contributed by atoms with Crippen molar-refractivity contribution in [3.05, 3.63) is 89.6 Å². The molecule has 0 fully saturated rings. The van der Waals surface area contributed by atoms with Crippen LogP contribution in [0, 0.1) is 11.6 Å². The monoisotopic (exact) mass is 354 g/mol. The predicted octanol–water partition coefficient (Wildman–Crippen LogP) is 4.64. The first kappa shape index (κ1) is 17.5. The molecule has 0 saturated heterocycles. The molecular weight excluding hydrogens is 338 g/mol. The number of carbonyl (C=O) groups excluding carboxylic acids is 1. The number of hydrogen-bond acceptors (Lipinski definition) is 3. The van der Waals surface area contributed by atoms with E-state index in [1.807, 2.05) is 37.3 Å². The first-order valence-electron chi connectivity index (χ1n) is 7.97. The van der Waals surface area contributed by atoms with Crippen LogP contribution in [-0.2, 0) is 0 Å². The molecule has 132 valence electrons. The number of carbonyl (C=O) groups is 1. The Balaban J connectivity index is 1.82. The quantitative estimate of drug-likeness (QED) is 0.726. The van der Waals surface area contributed by atoms with Crippen molar-refractivity contribution in [3.63, 3.8) is 0 Å². The molecule has 1 heterocycles. The summed E-state index contributed by atoms with van der Waals surface area (Å²) in [5.74, 6) is -1.37. The van der Waals surface area contributed by atoms with Gasteiger partial charge in [-0.15, -0.1) is 0 Å². The van der Waals surface area contributed by atoms with Gasteiger partial charge in [-0.2, -0.15) is 0 Å². The van der Waals surface area contributed by atoms with Crippen molar-refractivity contribution in [1.29, 1.82) is 0 Å². The van der Waals surface area contributed by atoms with Crippen molar-refractivity contribution in [2.24, 2.45) is 0 Å². The van der Waals surface area contributed by atoms with Crippen molar-refractivity contribution in [1.82, 2.24) is 10.3 Å². The fourth-order valence-corrected chi connectivity index (χ4v) is 2.38. The molecule has 0 radical (unpaired) electrons. The second-order valence-corrected chi connectivity index (χ2v) is 5.67. The maximum absolute atomic E-state index is 13.6. The van der Waals surface area contributed by atoms with Gasteiger partial charge in [0.25, 0.3) is 5.91 Å². The molecule has 0 saturated carbocycles. The maximum atomic E-state index is 13.6. The van der Waals surface area contributed by atoms with Gasteiger partial charge in [-0.3, -0.25) is 4.79 Å². The Hall–Kier alpha value is -3.28. The molecule has 3 aromatic rings. The Kier molecular flexibility index (Phi) is 5.22. The van der Waals surface area contributed by atoms with E-state index >= 15 is 0 Å². The Morgan fingerprint density at radius 2 is 1.73 bits per heavy atom. The van der Waals surface area contributed by atoms with Crippen LogP contribution in [0.5, 0.6) is 11.6 Å². The van der Waals surface area contributed by atoms with Crippen LogP contribution in [0.2, 0.25) is 0 Å². The minimum absolute atomic E-state index is 0.0443. The average molecular weight is 354 g/mol. The number of rotatable bonds is 5. The molecule has 0 aliphatic heterocycles. The van der Waals surface area contributed by atoms with Gasteiger partial charge in [0.2, 0.25) is 5.88 Å². The molecule has 1 aromatic heterocycles. The molecule has 2 aromatic carbocycles. The molecule has 4 nitrogen and oxygen atoms in total. The molecular formula is C20H16F2N2O2. The maximum Gasteiger partial charge on any atom is 0.257 e. The van der Waals surface area contributed by atoms with E-state index in [4.69, 9.17) is 4.74 Å². The molecule has 0 spiro atoms. The number of halogens is 2. The smallest absolute Gasteiger partial charge is 0.257 e. The Morgan fingerprint density at radius 1 is 1.04 bits per heavy atom. The lowest BCUT2D eigenvalue weighted by atomic mass is 10.1. The minimum Gasteiger partial charge on any atom is -0.438 e. The van der Waals surface area contributed by atoms with Gasteiger partial charge in [0.1, 0.15) is 22.9 Å². The highest BCUT2D eigenvalue weighted by molar-refractivity contribution is 5.96. The summed E-state index contributed by atoms with van der Waals surface area (Å²) in [4.78, 5) is 16.4. The zero-order valence-electron chi connectivity index (χ0n) is 13.9. The van der Waals surface area contributed by atoms with E-state index in [0.717, 1.165) is 17.8 Å². The van der Waals surface area contributed by atoms with Gasteiger partial charge in [0.15, 0.2) is 0 Å². The van der Waals surface area contributed by atoms with Crippen LogP contribution in [0.25, 0.3) is 0 Å². The van der Waals surface area contributed by atoms with E-state index < -0.39 is 17.5 Å². The van der Waals surface area contributed by atoms with Gasteiger partial charge in [0, 0.05) is 0 Å². The van der Waals surface area contributed by atoms with Crippen LogP contribution in [-0.4, -0.2) is 10.9 Å². The van der Waals surface area contributed by atoms with E-state index in [-0.39, 0.29) is 23.2 Å². The summed E-state index contributed by atoms with van der Waals surface area (Å²) in [5.41, 5.74) is 0.864. The Morgan fingerprint density at radius 3 is 2.42 bits per heavy atom. The number of ether oxygens (including phenoxy) is 1. The fourth-order valence-electron chi connectivity index (χ4n) is 2.38. The molecule has 3 rings (SSSR count). The lowest BCUT2D eigenvalue weighted by Crippen LogP contribution is -2.27. The highest BCUT2D eigenvalue weighted by Gasteiger charge is 2.18. The molecule has 0 aliphatic rings. The average Bonchev–Trinajstić information content (AvgIpc) is 2.65. The number of nitrogens with zero attached hydrogens (tertiary/aromatic N) is 1. The Labute approximate surface area is 149 Å². The summed E-state index contributed by atoms with van der Waals surface area (Å²) in [6.45, 7) is 1.82.